The first kappa shape index (κ1) is 12.2. The minimum atomic E-state index is -0.489. The number of rotatable bonds is 1. The van der Waals surface area contributed by atoms with Gasteiger partial charge in [-0.05, 0) is 61.2 Å². The summed E-state index contributed by atoms with van der Waals surface area (Å²) in [6.07, 6.45) is 11.9. The molecule has 0 amide bonds. The Balaban J connectivity index is 1.70. The molecule has 0 aromatic carbocycles. The van der Waals surface area contributed by atoms with Gasteiger partial charge in [0.2, 0.25) is 0 Å². The highest BCUT2D eigenvalue weighted by molar-refractivity contribution is 5.70. The minimum Gasteiger partial charge on any atom is -0.481 e. The van der Waals surface area contributed by atoms with Crippen LogP contribution in [0.5, 0.6) is 0 Å². The van der Waals surface area contributed by atoms with E-state index < -0.39 is 5.97 Å². The maximum Gasteiger partial charge on any atom is 0.306 e. The van der Waals surface area contributed by atoms with Gasteiger partial charge in [-0.3, -0.25) is 4.79 Å². The molecule has 0 aromatic rings. The van der Waals surface area contributed by atoms with Crippen molar-refractivity contribution in [1.29, 1.82) is 0 Å². The van der Waals surface area contributed by atoms with Crippen molar-refractivity contribution in [2.45, 2.75) is 57.8 Å². The number of carboxylic acid groups (broad SMARTS) is 1. The van der Waals surface area contributed by atoms with Gasteiger partial charge in [0.05, 0.1) is 5.92 Å². The van der Waals surface area contributed by atoms with Crippen LogP contribution in [0.15, 0.2) is 0 Å². The average molecular weight is 262 g/mol. The van der Waals surface area contributed by atoms with E-state index in [2.05, 4.69) is 0 Å². The first-order valence-electron chi connectivity index (χ1n) is 8.48. The van der Waals surface area contributed by atoms with Crippen LogP contribution in [-0.4, -0.2) is 11.1 Å². The fraction of sp³-hybridized carbons (Fsp3) is 0.941. The molecular weight excluding hydrogens is 236 g/mol. The lowest BCUT2D eigenvalue weighted by atomic mass is 9.46. The SMILES string of the molecule is O=C(O)C1CC2CCCC3CCC4CCCC1C4C32. The fourth-order valence-electron chi connectivity index (χ4n) is 6.62. The van der Waals surface area contributed by atoms with E-state index in [1.807, 2.05) is 0 Å². The molecule has 4 aliphatic rings. The molecule has 106 valence electrons. The Morgan fingerprint density at radius 2 is 1.42 bits per heavy atom. The van der Waals surface area contributed by atoms with Crippen LogP contribution in [0, 0.1) is 41.4 Å². The van der Waals surface area contributed by atoms with Gasteiger partial charge < -0.3 is 5.11 Å². The molecule has 0 aromatic heterocycles. The standard InChI is InChI=1S/C17H26O2/c18-17(19)14-9-12-5-1-3-10-7-8-11-4-2-6-13(14)16(11)15(10)12/h10-16H,1-9H2,(H,18,19). The zero-order chi connectivity index (χ0) is 13.0. The molecule has 4 fully saturated rings. The Morgan fingerprint density at radius 3 is 2.16 bits per heavy atom. The Hall–Kier alpha value is -0.530. The van der Waals surface area contributed by atoms with Crippen LogP contribution in [0.25, 0.3) is 0 Å². The van der Waals surface area contributed by atoms with Crippen LogP contribution in [0.1, 0.15) is 57.8 Å². The van der Waals surface area contributed by atoms with E-state index >= 15 is 0 Å². The Bertz CT molecular complexity index is 377. The molecule has 0 aliphatic heterocycles. The second-order valence-electron chi connectivity index (χ2n) is 7.72. The number of hydrogen-bond donors (Lipinski definition) is 1. The van der Waals surface area contributed by atoms with E-state index in [0.29, 0.717) is 5.92 Å². The first-order valence-corrected chi connectivity index (χ1v) is 8.48. The summed E-state index contributed by atoms with van der Waals surface area (Å²) >= 11 is 0. The normalized spacial score (nSPS) is 52.3. The molecule has 4 saturated carbocycles. The first-order chi connectivity index (χ1) is 9.25. The summed E-state index contributed by atoms with van der Waals surface area (Å²) in [4.78, 5) is 11.7. The third-order valence-electron chi connectivity index (χ3n) is 7.13. The molecule has 0 heterocycles. The number of carbonyl (C=O) groups is 1. The van der Waals surface area contributed by atoms with Crippen molar-refractivity contribution in [2.75, 3.05) is 0 Å². The van der Waals surface area contributed by atoms with Gasteiger partial charge in [0.25, 0.3) is 0 Å². The third kappa shape index (κ3) is 1.78. The fourth-order valence-corrected chi connectivity index (χ4v) is 6.62. The van der Waals surface area contributed by atoms with Gasteiger partial charge >= 0.3 is 5.97 Å². The van der Waals surface area contributed by atoms with Gasteiger partial charge in [-0.25, -0.2) is 0 Å². The van der Waals surface area contributed by atoms with Crippen molar-refractivity contribution in [3.8, 4) is 0 Å². The predicted octanol–water partition coefficient (Wildman–Crippen LogP) is 3.95. The average Bonchev–Trinajstić information content (AvgIpc) is 2.44. The molecule has 0 radical (unpaired) electrons. The van der Waals surface area contributed by atoms with E-state index in [1.165, 1.54) is 51.4 Å². The van der Waals surface area contributed by atoms with E-state index in [4.69, 9.17) is 0 Å². The lowest BCUT2D eigenvalue weighted by molar-refractivity contribution is -0.159. The van der Waals surface area contributed by atoms with E-state index in [9.17, 15) is 9.90 Å². The van der Waals surface area contributed by atoms with Gasteiger partial charge in [0.15, 0.2) is 0 Å². The molecule has 4 rings (SSSR count). The van der Waals surface area contributed by atoms with Crippen molar-refractivity contribution in [3.63, 3.8) is 0 Å². The van der Waals surface area contributed by atoms with Crippen LogP contribution in [0.2, 0.25) is 0 Å². The topological polar surface area (TPSA) is 37.3 Å². The summed E-state index contributed by atoms with van der Waals surface area (Å²) < 4.78 is 0. The minimum absolute atomic E-state index is 0.00843. The monoisotopic (exact) mass is 262 g/mol. The highest BCUT2D eigenvalue weighted by Crippen LogP contribution is 2.61. The van der Waals surface area contributed by atoms with E-state index in [0.717, 1.165) is 36.0 Å². The van der Waals surface area contributed by atoms with Gasteiger partial charge in [-0.2, -0.15) is 0 Å². The second-order valence-corrected chi connectivity index (χ2v) is 7.72. The summed E-state index contributed by atoms with van der Waals surface area (Å²) in [5.41, 5.74) is 0. The maximum atomic E-state index is 11.7. The molecule has 2 nitrogen and oxygen atoms in total. The van der Waals surface area contributed by atoms with Gasteiger partial charge in [0, 0.05) is 0 Å². The third-order valence-corrected chi connectivity index (χ3v) is 7.13. The molecule has 1 N–H and O–H groups in total. The van der Waals surface area contributed by atoms with Gasteiger partial charge in [0.1, 0.15) is 0 Å². The van der Waals surface area contributed by atoms with Crippen LogP contribution >= 0.6 is 0 Å². The summed E-state index contributed by atoms with van der Waals surface area (Å²) in [5.74, 6) is 4.31. The summed E-state index contributed by atoms with van der Waals surface area (Å²) in [7, 11) is 0. The van der Waals surface area contributed by atoms with Crippen LogP contribution in [0.4, 0.5) is 0 Å². The highest BCUT2D eigenvalue weighted by atomic mass is 16.4. The molecule has 0 saturated heterocycles. The summed E-state index contributed by atoms with van der Waals surface area (Å²) in [6.45, 7) is 0. The molecule has 4 aliphatic carbocycles. The lowest BCUT2D eigenvalue weighted by Gasteiger charge is -2.59. The van der Waals surface area contributed by atoms with Crippen LogP contribution < -0.4 is 0 Å². The van der Waals surface area contributed by atoms with Crippen molar-refractivity contribution < 1.29 is 9.90 Å². The van der Waals surface area contributed by atoms with E-state index in [1.54, 1.807) is 0 Å². The number of aliphatic carboxylic acids is 1. The molecule has 7 atom stereocenters. The van der Waals surface area contributed by atoms with Crippen molar-refractivity contribution >= 4 is 5.97 Å². The van der Waals surface area contributed by atoms with Crippen molar-refractivity contribution in [1.82, 2.24) is 0 Å². The zero-order valence-electron chi connectivity index (χ0n) is 11.8. The highest BCUT2D eigenvalue weighted by Gasteiger charge is 2.55. The Morgan fingerprint density at radius 1 is 0.789 bits per heavy atom. The van der Waals surface area contributed by atoms with Crippen molar-refractivity contribution in [3.05, 3.63) is 0 Å². The number of carboxylic acids is 1. The Kier molecular flexibility index (Phi) is 2.89. The summed E-state index contributed by atoms with van der Waals surface area (Å²) in [6, 6.07) is 0. The zero-order valence-corrected chi connectivity index (χ0v) is 11.8. The van der Waals surface area contributed by atoms with Gasteiger partial charge in [-0.15, -0.1) is 0 Å². The quantitative estimate of drug-likeness (QED) is 0.777. The molecule has 19 heavy (non-hydrogen) atoms. The van der Waals surface area contributed by atoms with Crippen LogP contribution in [-0.2, 0) is 4.79 Å². The molecule has 0 bridgehead atoms. The van der Waals surface area contributed by atoms with E-state index in [-0.39, 0.29) is 5.92 Å². The van der Waals surface area contributed by atoms with Crippen molar-refractivity contribution in [2.24, 2.45) is 41.4 Å². The second kappa shape index (κ2) is 4.49. The Labute approximate surface area is 116 Å². The molecule has 2 heteroatoms. The molecule has 0 spiro atoms. The lowest BCUT2D eigenvalue weighted by Crippen LogP contribution is -2.53. The molecule has 7 unspecified atom stereocenters. The summed E-state index contributed by atoms with van der Waals surface area (Å²) in [5, 5.41) is 9.64. The maximum absolute atomic E-state index is 11.7. The number of hydrogen-bond acceptors (Lipinski definition) is 1. The van der Waals surface area contributed by atoms with Gasteiger partial charge in [-0.1, -0.05) is 32.1 Å². The largest absolute Gasteiger partial charge is 0.481 e. The molecular formula is C17H26O2. The predicted molar refractivity (Wildman–Crippen MR) is 73.6 cm³/mol. The smallest absolute Gasteiger partial charge is 0.306 e. The van der Waals surface area contributed by atoms with Crippen LogP contribution in [0.3, 0.4) is 0 Å².